The van der Waals surface area contributed by atoms with Crippen molar-refractivity contribution in [3.8, 4) is 5.75 Å². The smallest absolute Gasteiger partial charge is 0.264 e. The van der Waals surface area contributed by atoms with Crippen LogP contribution in [0.15, 0.2) is 30.6 Å². The van der Waals surface area contributed by atoms with Gasteiger partial charge in [-0.2, -0.15) is 8.42 Å². The second kappa shape index (κ2) is 16.3. The third-order valence-corrected chi connectivity index (χ3v) is 9.14. The van der Waals surface area contributed by atoms with Gasteiger partial charge in [0.25, 0.3) is 10.1 Å². The average Bonchev–Trinajstić information content (AvgIpc) is 3.26. The maximum absolute atomic E-state index is 14.9. The van der Waals surface area contributed by atoms with Crippen LogP contribution >= 0.6 is 11.6 Å². The molecule has 2 aliphatic rings. The van der Waals surface area contributed by atoms with Crippen LogP contribution in [0.5, 0.6) is 5.75 Å². The highest BCUT2D eigenvalue weighted by molar-refractivity contribution is 7.85. The molecule has 14 heteroatoms. The van der Waals surface area contributed by atoms with Gasteiger partial charge in [-0.05, 0) is 62.5 Å². The van der Waals surface area contributed by atoms with Crippen LogP contribution in [0.4, 0.5) is 10.3 Å². The molecule has 2 saturated heterocycles. The maximum Gasteiger partial charge on any atom is 0.264 e. The highest BCUT2D eigenvalue weighted by atomic mass is 35.5. The largest absolute Gasteiger partial charge is 0.493 e. The Kier molecular flexibility index (Phi) is 12.6. The summed E-state index contributed by atoms with van der Waals surface area (Å²) in [5.74, 6) is 0.585. The van der Waals surface area contributed by atoms with Crippen molar-refractivity contribution in [1.29, 1.82) is 0 Å². The van der Waals surface area contributed by atoms with E-state index in [1.807, 2.05) is 0 Å². The van der Waals surface area contributed by atoms with Gasteiger partial charge in [-0.15, -0.1) is 0 Å². The summed E-state index contributed by atoms with van der Waals surface area (Å²) < 4.78 is 51.1. The molecule has 2 aromatic rings. The van der Waals surface area contributed by atoms with E-state index < -0.39 is 15.9 Å². The fourth-order valence-electron chi connectivity index (χ4n) is 5.62. The Balaban J connectivity index is 1.13. The third-order valence-electron chi connectivity index (χ3n) is 8.14. The number of anilines is 1. The molecule has 242 valence electrons. The number of hydrogen-bond acceptors (Lipinski definition) is 8. The molecule has 44 heavy (non-hydrogen) atoms. The van der Waals surface area contributed by atoms with Crippen molar-refractivity contribution in [2.24, 2.45) is 5.92 Å². The molecule has 0 saturated carbocycles. The monoisotopic (exact) mass is 653 g/mol. The molecule has 0 radical (unpaired) electrons. The lowest BCUT2D eigenvalue weighted by molar-refractivity contribution is -0.133. The number of carbonyl (C=O) groups is 2. The summed E-state index contributed by atoms with van der Waals surface area (Å²) in [5.41, 5.74) is 0.301. The number of amides is 2. The number of benzene rings is 1. The van der Waals surface area contributed by atoms with Crippen LogP contribution in [-0.4, -0.2) is 96.2 Å². The van der Waals surface area contributed by atoms with Crippen molar-refractivity contribution in [2.75, 3.05) is 56.5 Å². The predicted molar refractivity (Wildman–Crippen MR) is 165 cm³/mol. The minimum absolute atomic E-state index is 0.0740. The fraction of sp³-hybridized carbons (Fsp3) is 0.600. The zero-order valence-corrected chi connectivity index (χ0v) is 26.4. The molecule has 1 N–H and O–H groups in total. The Morgan fingerprint density at radius 1 is 0.977 bits per heavy atom. The van der Waals surface area contributed by atoms with Crippen molar-refractivity contribution >= 4 is 39.5 Å². The Labute approximate surface area is 263 Å². The van der Waals surface area contributed by atoms with E-state index in [1.165, 1.54) is 6.07 Å². The number of hydrogen-bond donors (Lipinski definition) is 1. The zero-order chi connectivity index (χ0) is 31.5. The van der Waals surface area contributed by atoms with Crippen LogP contribution < -0.4 is 9.64 Å². The first-order chi connectivity index (χ1) is 21.1. The van der Waals surface area contributed by atoms with Gasteiger partial charge in [0.1, 0.15) is 11.6 Å². The Hall–Kier alpha value is -3.03. The average molecular weight is 654 g/mol. The second-order valence-corrected chi connectivity index (χ2v) is 13.4. The van der Waals surface area contributed by atoms with Crippen LogP contribution in [0.25, 0.3) is 0 Å². The lowest BCUT2D eigenvalue weighted by Crippen LogP contribution is -2.38. The van der Waals surface area contributed by atoms with Gasteiger partial charge in [0.05, 0.1) is 36.2 Å². The van der Waals surface area contributed by atoms with Gasteiger partial charge in [-0.3, -0.25) is 14.1 Å². The van der Waals surface area contributed by atoms with Crippen LogP contribution in [0.3, 0.4) is 0 Å². The topological polar surface area (TPSA) is 133 Å². The van der Waals surface area contributed by atoms with Crippen molar-refractivity contribution in [3.05, 3.63) is 47.0 Å². The minimum Gasteiger partial charge on any atom is -0.493 e. The quantitative estimate of drug-likeness (QED) is 0.251. The number of unbranched alkanes of at least 4 members (excludes halogenated alkanes) is 1. The van der Waals surface area contributed by atoms with Crippen LogP contribution in [0.2, 0.25) is 5.02 Å². The summed E-state index contributed by atoms with van der Waals surface area (Å²) in [6.45, 7) is 3.98. The fourth-order valence-corrected chi connectivity index (χ4v) is 6.29. The number of rotatable bonds is 13. The molecule has 4 rings (SSSR count). The number of carbonyl (C=O) groups excluding carboxylic acids is 2. The Bertz CT molecular complexity index is 1360. The molecule has 2 amide bonds. The van der Waals surface area contributed by atoms with Gasteiger partial charge in [0.15, 0.2) is 0 Å². The molecule has 3 heterocycles. The van der Waals surface area contributed by atoms with Gasteiger partial charge in [-0.1, -0.05) is 17.7 Å². The van der Waals surface area contributed by atoms with Gasteiger partial charge >= 0.3 is 0 Å². The van der Waals surface area contributed by atoms with E-state index in [1.54, 1.807) is 34.3 Å². The molecule has 0 bridgehead atoms. The lowest BCUT2D eigenvalue weighted by atomic mass is 9.92. The standard InChI is InChI=1S/C30H41ClFN5O6S/c31-25-21-33-30(34-22-25)37-13-9-23(10-14-37)5-3-17-43-26-8-7-24(27(32)20-26)19-29(39)36-12-4-11-35(15-16-36)28(38)6-1-2-18-44(40,41)42/h7-8,20-23H,1-6,9-19H2,(H,40,41,42). The lowest BCUT2D eigenvalue weighted by Gasteiger charge is -2.31. The van der Waals surface area contributed by atoms with Crippen LogP contribution in [0.1, 0.15) is 56.9 Å². The first-order valence-corrected chi connectivity index (χ1v) is 17.2. The molecular weight excluding hydrogens is 613 g/mol. The van der Waals surface area contributed by atoms with E-state index in [2.05, 4.69) is 14.9 Å². The number of halogens is 2. The highest BCUT2D eigenvalue weighted by Crippen LogP contribution is 2.25. The first-order valence-electron chi connectivity index (χ1n) is 15.2. The SMILES string of the molecule is O=C(CCCCS(=O)(=O)O)N1CCCN(C(=O)Cc2ccc(OCCCC3CCN(c4ncc(Cl)cn4)CC3)cc2F)CC1. The first kappa shape index (κ1) is 33.9. The van der Waals surface area contributed by atoms with Crippen molar-refractivity contribution in [3.63, 3.8) is 0 Å². The van der Waals surface area contributed by atoms with Gasteiger partial charge in [0.2, 0.25) is 17.8 Å². The number of piperidine rings is 1. The van der Waals surface area contributed by atoms with Crippen LogP contribution in [-0.2, 0) is 26.1 Å². The van der Waals surface area contributed by atoms with Gasteiger partial charge < -0.3 is 19.4 Å². The molecule has 0 spiro atoms. The van der Waals surface area contributed by atoms with E-state index >= 15 is 0 Å². The van der Waals surface area contributed by atoms with Crippen LogP contribution in [0, 0.1) is 11.7 Å². The molecule has 1 aromatic heterocycles. The van der Waals surface area contributed by atoms with E-state index in [0.29, 0.717) is 73.8 Å². The number of ether oxygens (including phenoxy) is 1. The van der Waals surface area contributed by atoms with E-state index in [-0.39, 0.29) is 36.8 Å². The molecule has 1 aromatic carbocycles. The summed E-state index contributed by atoms with van der Waals surface area (Å²) in [4.78, 5) is 39.5. The van der Waals surface area contributed by atoms with Gasteiger partial charge in [-0.25, -0.2) is 14.4 Å². The highest BCUT2D eigenvalue weighted by Gasteiger charge is 2.23. The predicted octanol–water partition coefficient (Wildman–Crippen LogP) is 4.01. The van der Waals surface area contributed by atoms with E-state index in [0.717, 1.165) is 38.8 Å². The molecule has 0 unspecified atom stereocenters. The summed E-state index contributed by atoms with van der Waals surface area (Å²) in [5, 5.41) is 0.524. The summed E-state index contributed by atoms with van der Waals surface area (Å²) in [6.07, 6.45) is 8.50. The summed E-state index contributed by atoms with van der Waals surface area (Å²) in [7, 11) is -4.03. The zero-order valence-electron chi connectivity index (χ0n) is 24.9. The van der Waals surface area contributed by atoms with E-state index in [9.17, 15) is 22.4 Å². The molecule has 0 aliphatic carbocycles. The molecule has 2 aliphatic heterocycles. The Morgan fingerprint density at radius 2 is 1.66 bits per heavy atom. The van der Waals surface area contributed by atoms with Crippen molar-refractivity contribution in [1.82, 2.24) is 19.8 Å². The Morgan fingerprint density at radius 3 is 2.32 bits per heavy atom. The molecular formula is C30H41ClFN5O6S. The van der Waals surface area contributed by atoms with Crippen molar-refractivity contribution < 1.29 is 31.7 Å². The minimum atomic E-state index is -4.03. The number of nitrogens with zero attached hydrogens (tertiary/aromatic N) is 5. The summed E-state index contributed by atoms with van der Waals surface area (Å²) in [6, 6.07) is 4.62. The normalized spacial score (nSPS) is 16.6. The third kappa shape index (κ3) is 10.8. The second-order valence-electron chi connectivity index (χ2n) is 11.4. The number of aromatic nitrogens is 2. The van der Waals surface area contributed by atoms with Gasteiger partial charge in [0, 0.05) is 51.8 Å². The maximum atomic E-state index is 14.9. The molecule has 2 fully saturated rings. The molecule has 0 atom stereocenters. The molecule has 11 nitrogen and oxygen atoms in total. The summed E-state index contributed by atoms with van der Waals surface area (Å²) >= 11 is 5.88. The van der Waals surface area contributed by atoms with Crippen molar-refractivity contribution in [2.45, 2.75) is 57.8 Å². The van der Waals surface area contributed by atoms with E-state index in [4.69, 9.17) is 20.9 Å².